The van der Waals surface area contributed by atoms with Crippen molar-refractivity contribution in [2.45, 2.75) is 39.0 Å². The SMILES string of the molecule is CCCN1C(=O)C2CC=C3C(CC4C(=O)N(c5ccc(F)c(Cl)c5)C(=O)C4(C)C3c3c(OC)cc(O)cc3OC)C2C1=O. The van der Waals surface area contributed by atoms with E-state index in [1.54, 1.807) is 6.92 Å². The number of anilines is 1. The van der Waals surface area contributed by atoms with Crippen LogP contribution in [0.5, 0.6) is 17.2 Å². The average Bonchev–Trinajstić information content (AvgIpc) is 3.34. The Balaban J connectivity index is 1.58. The maximum absolute atomic E-state index is 14.6. The van der Waals surface area contributed by atoms with Crippen molar-refractivity contribution in [3.8, 4) is 17.2 Å². The number of aromatic hydroxyl groups is 1. The number of nitrogens with zero attached hydrogens (tertiary/aromatic N) is 2. The fourth-order valence-electron chi connectivity index (χ4n) is 7.91. The molecule has 0 spiro atoms. The minimum absolute atomic E-state index is 0.118. The molecule has 2 saturated heterocycles. The van der Waals surface area contributed by atoms with E-state index in [-0.39, 0.29) is 46.2 Å². The molecule has 2 aliphatic heterocycles. The van der Waals surface area contributed by atoms with Crippen molar-refractivity contribution < 1.29 is 38.1 Å². The zero-order valence-electron chi connectivity index (χ0n) is 24.2. The molecule has 0 aromatic heterocycles. The number of ether oxygens (including phenoxy) is 2. The number of rotatable bonds is 6. The number of carbonyl (C=O) groups excluding carboxylic acids is 4. The predicted molar refractivity (Wildman–Crippen MR) is 154 cm³/mol. The van der Waals surface area contributed by atoms with Crippen molar-refractivity contribution in [1.82, 2.24) is 4.90 Å². The maximum Gasteiger partial charge on any atom is 0.241 e. The Kier molecular flexibility index (Phi) is 7.03. The monoisotopic (exact) mass is 610 g/mol. The van der Waals surface area contributed by atoms with Crippen molar-refractivity contribution in [2.24, 2.45) is 29.1 Å². The topological polar surface area (TPSA) is 113 Å². The molecule has 2 aromatic rings. The molecule has 11 heteroatoms. The van der Waals surface area contributed by atoms with Gasteiger partial charge in [-0.3, -0.25) is 24.1 Å². The number of hydrogen-bond acceptors (Lipinski definition) is 7. The van der Waals surface area contributed by atoms with Crippen molar-refractivity contribution in [1.29, 1.82) is 0 Å². The number of allylic oxidation sites excluding steroid dienone is 2. The predicted octanol–water partition coefficient (Wildman–Crippen LogP) is 4.84. The van der Waals surface area contributed by atoms with E-state index in [9.17, 15) is 28.7 Å². The molecular weight excluding hydrogens is 579 g/mol. The molecule has 0 radical (unpaired) electrons. The van der Waals surface area contributed by atoms with Gasteiger partial charge in [-0.15, -0.1) is 0 Å². The van der Waals surface area contributed by atoms with Gasteiger partial charge in [0.1, 0.15) is 23.1 Å². The fraction of sp³-hybridized carbons (Fsp3) is 0.438. The van der Waals surface area contributed by atoms with E-state index >= 15 is 0 Å². The number of carbonyl (C=O) groups is 4. The first-order chi connectivity index (χ1) is 20.5. The molecule has 0 bridgehead atoms. The van der Waals surface area contributed by atoms with Gasteiger partial charge in [0.2, 0.25) is 23.6 Å². The average molecular weight is 611 g/mol. The van der Waals surface area contributed by atoms with Gasteiger partial charge in [-0.2, -0.15) is 0 Å². The van der Waals surface area contributed by atoms with E-state index in [0.29, 0.717) is 24.9 Å². The number of methoxy groups -OCH3 is 2. The van der Waals surface area contributed by atoms with Crippen LogP contribution in [0.1, 0.15) is 44.6 Å². The normalized spacial score (nSPS) is 29.8. The fourth-order valence-corrected chi connectivity index (χ4v) is 8.09. The molecule has 1 N–H and O–H groups in total. The Morgan fingerprint density at radius 2 is 1.70 bits per heavy atom. The molecule has 4 amide bonds. The minimum Gasteiger partial charge on any atom is -0.508 e. The molecule has 43 heavy (non-hydrogen) atoms. The Bertz CT molecular complexity index is 1580. The van der Waals surface area contributed by atoms with Crippen LogP contribution in [0.2, 0.25) is 5.02 Å². The van der Waals surface area contributed by atoms with E-state index in [1.807, 2.05) is 13.0 Å². The molecule has 226 valence electrons. The van der Waals surface area contributed by atoms with Crippen LogP contribution in [0, 0.1) is 34.9 Å². The molecule has 2 aromatic carbocycles. The summed E-state index contributed by atoms with van der Waals surface area (Å²) < 4.78 is 25.5. The third-order valence-corrected chi connectivity index (χ3v) is 10.1. The molecule has 2 aliphatic carbocycles. The lowest BCUT2D eigenvalue weighted by Crippen LogP contribution is -2.49. The lowest BCUT2D eigenvalue weighted by Gasteiger charge is -2.49. The number of imide groups is 2. The number of benzene rings is 2. The van der Waals surface area contributed by atoms with E-state index in [4.69, 9.17) is 21.1 Å². The highest BCUT2D eigenvalue weighted by Gasteiger charge is 2.68. The van der Waals surface area contributed by atoms with E-state index in [2.05, 4.69) is 0 Å². The van der Waals surface area contributed by atoms with Crippen LogP contribution < -0.4 is 14.4 Å². The first-order valence-corrected chi connectivity index (χ1v) is 14.7. The third-order valence-electron chi connectivity index (χ3n) is 9.79. The lowest BCUT2D eigenvalue weighted by molar-refractivity contribution is -0.140. The number of likely N-dealkylation sites (tertiary alicyclic amines) is 1. The van der Waals surface area contributed by atoms with Crippen LogP contribution in [-0.2, 0) is 19.2 Å². The van der Waals surface area contributed by atoms with Gasteiger partial charge in [-0.25, -0.2) is 9.29 Å². The van der Waals surface area contributed by atoms with Crippen LogP contribution in [0.15, 0.2) is 42.0 Å². The van der Waals surface area contributed by atoms with Crippen molar-refractivity contribution in [2.75, 3.05) is 25.7 Å². The zero-order chi connectivity index (χ0) is 31.0. The second kappa shape index (κ2) is 10.4. The third kappa shape index (κ3) is 4.02. The summed E-state index contributed by atoms with van der Waals surface area (Å²) in [5, 5.41) is 10.2. The van der Waals surface area contributed by atoms with Crippen LogP contribution in [-0.4, -0.2) is 54.4 Å². The van der Waals surface area contributed by atoms with Gasteiger partial charge in [-0.1, -0.05) is 30.2 Å². The quantitative estimate of drug-likeness (QED) is 0.368. The van der Waals surface area contributed by atoms with E-state index in [0.717, 1.165) is 16.5 Å². The van der Waals surface area contributed by atoms with Gasteiger partial charge in [0, 0.05) is 30.2 Å². The van der Waals surface area contributed by atoms with Gasteiger partial charge in [0.05, 0.1) is 48.1 Å². The highest BCUT2D eigenvalue weighted by molar-refractivity contribution is 6.31. The molecule has 6 unspecified atom stereocenters. The summed E-state index contributed by atoms with van der Waals surface area (Å²) in [5.41, 5.74) is -0.0511. The summed E-state index contributed by atoms with van der Waals surface area (Å²) in [5.74, 6) is -5.28. The van der Waals surface area contributed by atoms with Gasteiger partial charge < -0.3 is 14.6 Å². The standard InChI is InChI=1S/C32H32ClFN2O7/c1-5-10-35-28(38)18-8-7-17-19(25(18)30(35)40)14-20-29(39)36(15-6-9-22(34)21(33)11-15)31(41)32(20,2)27(17)26-23(42-3)12-16(37)13-24(26)43-4/h6-7,9,11-13,18-20,25,27,37H,5,8,10,14H2,1-4H3. The minimum atomic E-state index is -1.39. The summed E-state index contributed by atoms with van der Waals surface area (Å²) in [6, 6.07) is 6.51. The van der Waals surface area contributed by atoms with Gasteiger partial charge >= 0.3 is 0 Å². The highest BCUT2D eigenvalue weighted by atomic mass is 35.5. The summed E-state index contributed by atoms with van der Waals surface area (Å²) in [6.07, 6.45) is 3.02. The number of fused-ring (bicyclic) bond motifs is 4. The maximum atomic E-state index is 14.6. The molecule has 6 rings (SSSR count). The van der Waals surface area contributed by atoms with E-state index in [1.165, 1.54) is 43.4 Å². The number of phenolic OH excluding ortho intramolecular Hbond substituents is 1. The number of phenols is 1. The summed E-state index contributed by atoms with van der Waals surface area (Å²) in [7, 11) is 2.86. The van der Waals surface area contributed by atoms with Crippen molar-refractivity contribution in [3.63, 3.8) is 0 Å². The molecule has 6 atom stereocenters. The highest BCUT2D eigenvalue weighted by Crippen LogP contribution is 2.65. The van der Waals surface area contributed by atoms with Gasteiger partial charge in [-0.05, 0) is 50.3 Å². The number of halogens is 2. The Morgan fingerprint density at radius 3 is 2.30 bits per heavy atom. The van der Waals surface area contributed by atoms with E-state index < -0.39 is 52.6 Å². The van der Waals surface area contributed by atoms with Crippen LogP contribution in [0.3, 0.4) is 0 Å². The number of hydrogen-bond donors (Lipinski definition) is 1. The van der Waals surface area contributed by atoms with Crippen LogP contribution in [0.4, 0.5) is 10.1 Å². The van der Waals surface area contributed by atoms with Crippen molar-refractivity contribution in [3.05, 3.63) is 58.4 Å². The number of amides is 4. The molecule has 3 fully saturated rings. The lowest BCUT2D eigenvalue weighted by atomic mass is 9.51. The van der Waals surface area contributed by atoms with Gasteiger partial charge in [0.15, 0.2) is 0 Å². The summed E-state index contributed by atoms with van der Waals surface area (Å²) in [6.45, 7) is 3.93. The Hall–Kier alpha value is -3.92. The summed E-state index contributed by atoms with van der Waals surface area (Å²) >= 11 is 6.06. The molecular formula is C32H32ClFN2O7. The van der Waals surface area contributed by atoms with Crippen molar-refractivity contribution >= 4 is 40.9 Å². The smallest absolute Gasteiger partial charge is 0.241 e. The second-order valence-corrected chi connectivity index (χ2v) is 12.3. The summed E-state index contributed by atoms with van der Waals surface area (Å²) in [4.78, 5) is 58.3. The van der Waals surface area contributed by atoms with Crippen LogP contribution >= 0.6 is 11.6 Å². The molecule has 9 nitrogen and oxygen atoms in total. The molecule has 2 heterocycles. The molecule has 1 saturated carbocycles. The zero-order valence-corrected chi connectivity index (χ0v) is 25.0. The Morgan fingerprint density at radius 1 is 1.02 bits per heavy atom. The Labute approximate surface area is 253 Å². The first kappa shape index (κ1) is 29.2. The molecule has 4 aliphatic rings. The first-order valence-electron chi connectivity index (χ1n) is 14.3. The van der Waals surface area contributed by atoms with Gasteiger partial charge in [0.25, 0.3) is 0 Å². The largest absolute Gasteiger partial charge is 0.508 e. The second-order valence-electron chi connectivity index (χ2n) is 11.9. The van der Waals surface area contributed by atoms with Crippen LogP contribution in [0.25, 0.3) is 0 Å².